The topological polar surface area (TPSA) is 61.6 Å². The standard InChI is InChI=1S/C12H15NO3/c1-7-3-11-12(16-6-15-11)5-9(7)10(14)4-8(2)13/h3,5,8H,4,6,13H2,1-2H3. The first kappa shape index (κ1) is 11.0. The molecule has 4 nitrogen and oxygen atoms in total. The zero-order valence-electron chi connectivity index (χ0n) is 9.45. The molecule has 0 amide bonds. The van der Waals surface area contributed by atoms with Crippen molar-refractivity contribution in [1.82, 2.24) is 0 Å². The van der Waals surface area contributed by atoms with Crippen LogP contribution >= 0.6 is 0 Å². The van der Waals surface area contributed by atoms with Gasteiger partial charge in [-0.1, -0.05) is 0 Å². The molecule has 0 bridgehead atoms. The normalized spacial score (nSPS) is 14.9. The Balaban J connectivity index is 2.31. The monoisotopic (exact) mass is 221 g/mol. The molecule has 1 atom stereocenters. The second-order valence-corrected chi connectivity index (χ2v) is 4.12. The molecule has 2 N–H and O–H groups in total. The average Bonchev–Trinajstić information content (AvgIpc) is 2.61. The number of carbonyl (C=O) groups is 1. The molecule has 0 aromatic heterocycles. The Morgan fingerprint density at radius 2 is 2.06 bits per heavy atom. The van der Waals surface area contributed by atoms with E-state index in [0.717, 1.165) is 5.56 Å². The van der Waals surface area contributed by atoms with Crippen molar-refractivity contribution in [2.75, 3.05) is 6.79 Å². The van der Waals surface area contributed by atoms with Crippen molar-refractivity contribution in [3.05, 3.63) is 23.3 Å². The first-order chi connectivity index (χ1) is 7.58. The zero-order valence-corrected chi connectivity index (χ0v) is 9.45. The molecule has 0 radical (unpaired) electrons. The number of ether oxygens (including phenoxy) is 2. The summed E-state index contributed by atoms with van der Waals surface area (Å²) in [5, 5.41) is 0. The van der Waals surface area contributed by atoms with Gasteiger partial charge in [-0.15, -0.1) is 0 Å². The van der Waals surface area contributed by atoms with Gasteiger partial charge in [0.2, 0.25) is 6.79 Å². The fourth-order valence-corrected chi connectivity index (χ4v) is 1.75. The molecule has 0 aliphatic carbocycles. The van der Waals surface area contributed by atoms with E-state index in [1.165, 1.54) is 0 Å². The lowest BCUT2D eigenvalue weighted by Gasteiger charge is -2.08. The minimum Gasteiger partial charge on any atom is -0.454 e. The van der Waals surface area contributed by atoms with Gasteiger partial charge in [0.15, 0.2) is 17.3 Å². The van der Waals surface area contributed by atoms with Crippen LogP contribution < -0.4 is 15.2 Å². The molecular weight excluding hydrogens is 206 g/mol. The molecule has 86 valence electrons. The smallest absolute Gasteiger partial charge is 0.231 e. The lowest BCUT2D eigenvalue weighted by atomic mass is 9.99. The van der Waals surface area contributed by atoms with Crippen LogP contribution in [0.3, 0.4) is 0 Å². The Hall–Kier alpha value is -1.55. The van der Waals surface area contributed by atoms with Crippen LogP contribution in [0.4, 0.5) is 0 Å². The summed E-state index contributed by atoms with van der Waals surface area (Å²) in [5.41, 5.74) is 7.18. The number of carbonyl (C=O) groups excluding carboxylic acids is 1. The zero-order chi connectivity index (χ0) is 11.7. The van der Waals surface area contributed by atoms with Crippen molar-refractivity contribution in [1.29, 1.82) is 0 Å². The van der Waals surface area contributed by atoms with Crippen molar-refractivity contribution >= 4 is 5.78 Å². The van der Waals surface area contributed by atoms with Gasteiger partial charge < -0.3 is 15.2 Å². The molecule has 1 heterocycles. The van der Waals surface area contributed by atoms with E-state index < -0.39 is 0 Å². The molecule has 0 saturated carbocycles. The molecule has 0 fully saturated rings. The number of fused-ring (bicyclic) bond motifs is 1. The van der Waals surface area contributed by atoms with Crippen LogP contribution in [0.15, 0.2) is 12.1 Å². The van der Waals surface area contributed by atoms with Crippen LogP contribution in [0.2, 0.25) is 0 Å². The third-order valence-corrected chi connectivity index (χ3v) is 2.53. The Morgan fingerprint density at radius 3 is 2.69 bits per heavy atom. The number of benzene rings is 1. The van der Waals surface area contributed by atoms with Crippen molar-refractivity contribution in [3.8, 4) is 11.5 Å². The van der Waals surface area contributed by atoms with Crippen molar-refractivity contribution in [3.63, 3.8) is 0 Å². The highest BCUT2D eigenvalue weighted by Gasteiger charge is 2.19. The van der Waals surface area contributed by atoms with E-state index in [4.69, 9.17) is 15.2 Å². The quantitative estimate of drug-likeness (QED) is 0.788. The lowest BCUT2D eigenvalue weighted by Crippen LogP contribution is -2.20. The van der Waals surface area contributed by atoms with Crippen LogP contribution in [0.5, 0.6) is 11.5 Å². The number of aryl methyl sites for hydroxylation is 1. The maximum atomic E-state index is 11.9. The molecule has 16 heavy (non-hydrogen) atoms. The summed E-state index contributed by atoms with van der Waals surface area (Å²) in [6.45, 7) is 3.93. The summed E-state index contributed by atoms with van der Waals surface area (Å²) < 4.78 is 10.5. The summed E-state index contributed by atoms with van der Waals surface area (Å²) in [4.78, 5) is 11.9. The average molecular weight is 221 g/mol. The van der Waals surface area contributed by atoms with Gasteiger partial charge in [0.25, 0.3) is 0 Å². The number of ketones is 1. The third kappa shape index (κ3) is 2.02. The highest BCUT2D eigenvalue weighted by atomic mass is 16.7. The molecule has 1 aromatic carbocycles. The fraction of sp³-hybridized carbons (Fsp3) is 0.417. The van der Waals surface area contributed by atoms with Gasteiger partial charge >= 0.3 is 0 Å². The third-order valence-electron chi connectivity index (χ3n) is 2.53. The SMILES string of the molecule is Cc1cc2c(cc1C(=O)CC(C)N)OCO2. The summed E-state index contributed by atoms with van der Waals surface area (Å²) in [6, 6.07) is 3.44. The minimum atomic E-state index is -0.127. The van der Waals surface area contributed by atoms with Gasteiger partial charge in [-0.2, -0.15) is 0 Å². The van der Waals surface area contributed by atoms with Gasteiger partial charge in [-0.05, 0) is 31.5 Å². The molecule has 4 heteroatoms. The highest BCUT2D eigenvalue weighted by Crippen LogP contribution is 2.34. The Morgan fingerprint density at radius 1 is 1.44 bits per heavy atom. The minimum absolute atomic E-state index is 0.0470. The summed E-state index contributed by atoms with van der Waals surface area (Å²) >= 11 is 0. The molecule has 0 saturated heterocycles. The van der Waals surface area contributed by atoms with E-state index in [9.17, 15) is 4.79 Å². The van der Waals surface area contributed by atoms with E-state index in [2.05, 4.69) is 0 Å². The van der Waals surface area contributed by atoms with E-state index in [-0.39, 0.29) is 18.6 Å². The number of hydrogen-bond acceptors (Lipinski definition) is 4. The number of Topliss-reactive ketones (excluding diaryl/α,β-unsaturated/α-hetero) is 1. The lowest BCUT2D eigenvalue weighted by molar-refractivity contribution is 0.0975. The van der Waals surface area contributed by atoms with Gasteiger partial charge in [0.1, 0.15) is 0 Å². The second kappa shape index (κ2) is 4.14. The first-order valence-electron chi connectivity index (χ1n) is 5.27. The fourth-order valence-electron chi connectivity index (χ4n) is 1.75. The van der Waals surface area contributed by atoms with Crippen LogP contribution in [0.25, 0.3) is 0 Å². The van der Waals surface area contributed by atoms with E-state index in [1.54, 1.807) is 6.07 Å². The van der Waals surface area contributed by atoms with Crippen molar-refractivity contribution in [2.24, 2.45) is 5.73 Å². The largest absolute Gasteiger partial charge is 0.454 e. The number of nitrogens with two attached hydrogens (primary N) is 1. The number of rotatable bonds is 3. The van der Waals surface area contributed by atoms with Crippen LogP contribution in [-0.2, 0) is 0 Å². The first-order valence-corrected chi connectivity index (χ1v) is 5.27. The highest BCUT2D eigenvalue weighted by molar-refractivity contribution is 5.98. The second-order valence-electron chi connectivity index (χ2n) is 4.12. The predicted octanol–water partition coefficient (Wildman–Crippen LogP) is 1.64. The Bertz CT molecular complexity index is 427. The number of hydrogen-bond donors (Lipinski definition) is 1. The molecule has 1 unspecified atom stereocenters. The van der Waals surface area contributed by atoms with Crippen molar-refractivity contribution in [2.45, 2.75) is 26.3 Å². The molecule has 1 aliphatic heterocycles. The van der Waals surface area contributed by atoms with Gasteiger partial charge in [-0.25, -0.2) is 0 Å². The van der Waals surface area contributed by atoms with Crippen LogP contribution in [0.1, 0.15) is 29.3 Å². The predicted molar refractivity (Wildman–Crippen MR) is 59.9 cm³/mol. The summed E-state index contributed by atoms with van der Waals surface area (Å²) in [7, 11) is 0. The molecule has 1 aliphatic rings. The van der Waals surface area contributed by atoms with E-state index >= 15 is 0 Å². The summed E-state index contributed by atoms with van der Waals surface area (Å²) in [6.07, 6.45) is 0.348. The molecule has 2 rings (SSSR count). The van der Waals surface area contributed by atoms with Gasteiger partial charge in [0.05, 0.1) is 0 Å². The van der Waals surface area contributed by atoms with Crippen LogP contribution in [0, 0.1) is 6.92 Å². The Kier molecular flexibility index (Phi) is 2.83. The summed E-state index contributed by atoms with van der Waals surface area (Å²) in [5.74, 6) is 1.39. The van der Waals surface area contributed by atoms with Gasteiger partial charge in [0, 0.05) is 18.0 Å². The van der Waals surface area contributed by atoms with E-state index in [1.807, 2.05) is 19.9 Å². The van der Waals surface area contributed by atoms with Crippen molar-refractivity contribution < 1.29 is 14.3 Å². The maximum absolute atomic E-state index is 11.9. The maximum Gasteiger partial charge on any atom is 0.231 e. The Labute approximate surface area is 94.3 Å². The van der Waals surface area contributed by atoms with Gasteiger partial charge in [-0.3, -0.25) is 4.79 Å². The molecular formula is C12H15NO3. The van der Waals surface area contributed by atoms with E-state index in [0.29, 0.717) is 23.5 Å². The van der Waals surface area contributed by atoms with Crippen LogP contribution in [-0.4, -0.2) is 18.6 Å². The molecule has 1 aromatic rings. The molecule has 0 spiro atoms.